The molecule has 2 aromatic rings. The summed E-state index contributed by atoms with van der Waals surface area (Å²) in [5.74, 6) is -0.638. The molecule has 0 aromatic heterocycles. The van der Waals surface area contributed by atoms with E-state index >= 15 is 0 Å². The van der Waals surface area contributed by atoms with Gasteiger partial charge in [0.05, 0.1) is 23.2 Å². The number of alkyl halides is 3. The molecule has 2 rings (SSSR count). The molecule has 0 radical (unpaired) electrons. The number of nitrogens with zero attached hydrogens (tertiary/aromatic N) is 1. The Bertz CT molecular complexity index is 932. The zero-order valence-corrected chi connectivity index (χ0v) is 16.4. The molecule has 1 amide bonds. The number of hydrogen-bond donors (Lipinski definition) is 1. The molecule has 1 N–H and O–H groups in total. The van der Waals surface area contributed by atoms with Crippen molar-refractivity contribution in [1.29, 1.82) is 0 Å². The van der Waals surface area contributed by atoms with Crippen molar-refractivity contribution in [3.05, 3.63) is 59.1 Å². The van der Waals surface area contributed by atoms with E-state index in [1.54, 1.807) is 0 Å². The normalized spacial score (nSPS) is 11.9. The summed E-state index contributed by atoms with van der Waals surface area (Å²) in [6, 6.07) is 10.8. The highest BCUT2D eigenvalue weighted by Crippen LogP contribution is 2.34. The molecule has 10 heteroatoms. The van der Waals surface area contributed by atoms with Crippen LogP contribution in [0, 0.1) is 0 Å². The fourth-order valence-electron chi connectivity index (χ4n) is 2.53. The highest BCUT2D eigenvalue weighted by atomic mass is 35.5. The summed E-state index contributed by atoms with van der Waals surface area (Å²) in [5, 5.41) is 2.68. The van der Waals surface area contributed by atoms with Gasteiger partial charge in [0, 0.05) is 18.0 Å². The number of hydrogen-bond acceptors (Lipinski definition) is 3. The van der Waals surface area contributed by atoms with E-state index in [9.17, 15) is 26.4 Å². The van der Waals surface area contributed by atoms with Gasteiger partial charge in [-0.15, -0.1) is 0 Å². The first-order chi connectivity index (χ1) is 13.0. The van der Waals surface area contributed by atoms with Crippen molar-refractivity contribution in [2.24, 2.45) is 0 Å². The van der Waals surface area contributed by atoms with E-state index in [4.69, 9.17) is 11.6 Å². The summed E-state index contributed by atoms with van der Waals surface area (Å²) < 4.78 is 64.0. The van der Waals surface area contributed by atoms with Crippen LogP contribution in [0.2, 0.25) is 5.02 Å². The van der Waals surface area contributed by atoms with E-state index in [0.29, 0.717) is 10.7 Å². The summed E-state index contributed by atoms with van der Waals surface area (Å²) in [5.41, 5.74) is -0.894. The minimum absolute atomic E-state index is 0.00516. The zero-order chi connectivity index (χ0) is 20.9. The smallest absolute Gasteiger partial charge is 0.326 e. The number of anilines is 2. The lowest BCUT2D eigenvalue weighted by molar-refractivity contribution is -0.137. The third-order valence-electron chi connectivity index (χ3n) is 3.79. The molecule has 0 aliphatic rings. The van der Waals surface area contributed by atoms with Gasteiger partial charge in [-0.1, -0.05) is 23.7 Å². The van der Waals surface area contributed by atoms with Crippen LogP contribution in [0.25, 0.3) is 0 Å². The van der Waals surface area contributed by atoms with Gasteiger partial charge in [-0.25, -0.2) is 8.42 Å². The van der Waals surface area contributed by atoms with E-state index < -0.39 is 27.7 Å². The number of nitrogens with one attached hydrogen (secondary N) is 1. The molecule has 0 saturated carbocycles. The average molecular weight is 435 g/mol. The largest absolute Gasteiger partial charge is 0.418 e. The van der Waals surface area contributed by atoms with Gasteiger partial charge in [0.1, 0.15) is 0 Å². The Balaban J connectivity index is 2.01. The fraction of sp³-hybridized carbons (Fsp3) is 0.278. The standard InChI is InChI=1S/C18H18ClF3N2O3S/c1-28(26,27)24(14-10-8-13(19)9-11-14)12-4-7-17(25)23-16-6-3-2-5-15(16)18(20,21)22/h2-3,5-6,8-11H,4,7,12H2,1H3,(H,23,25). The molecular formula is C18H18ClF3N2O3S. The summed E-state index contributed by atoms with van der Waals surface area (Å²) in [4.78, 5) is 12.0. The Kier molecular flexibility index (Phi) is 6.95. The van der Waals surface area contributed by atoms with Gasteiger partial charge < -0.3 is 5.32 Å². The number of sulfonamides is 1. The maximum Gasteiger partial charge on any atom is 0.418 e. The van der Waals surface area contributed by atoms with Crippen LogP contribution in [0.1, 0.15) is 18.4 Å². The molecule has 152 valence electrons. The lowest BCUT2D eigenvalue weighted by Gasteiger charge is -2.22. The number of amides is 1. The number of carbonyl (C=O) groups is 1. The lowest BCUT2D eigenvalue weighted by atomic mass is 10.1. The Morgan fingerprint density at radius 2 is 1.71 bits per heavy atom. The monoisotopic (exact) mass is 434 g/mol. The molecule has 0 unspecified atom stereocenters. The molecule has 0 aliphatic heterocycles. The van der Waals surface area contributed by atoms with Crippen molar-refractivity contribution in [3.63, 3.8) is 0 Å². The molecule has 0 saturated heterocycles. The van der Waals surface area contributed by atoms with Crippen LogP contribution in [0.3, 0.4) is 0 Å². The third kappa shape index (κ3) is 6.13. The van der Waals surface area contributed by atoms with E-state index in [-0.39, 0.29) is 25.1 Å². The highest BCUT2D eigenvalue weighted by Gasteiger charge is 2.33. The Labute approximate surface area is 166 Å². The maximum atomic E-state index is 13.0. The van der Waals surface area contributed by atoms with Crippen molar-refractivity contribution in [2.45, 2.75) is 19.0 Å². The van der Waals surface area contributed by atoms with E-state index in [0.717, 1.165) is 22.7 Å². The van der Waals surface area contributed by atoms with Crippen LogP contribution in [-0.2, 0) is 21.0 Å². The quantitative estimate of drug-likeness (QED) is 0.695. The number of benzene rings is 2. The summed E-state index contributed by atoms with van der Waals surface area (Å²) in [6.45, 7) is -0.00516. The number of rotatable bonds is 7. The SMILES string of the molecule is CS(=O)(=O)N(CCCC(=O)Nc1ccccc1C(F)(F)F)c1ccc(Cl)cc1. The van der Waals surface area contributed by atoms with Crippen LogP contribution in [-0.4, -0.2) is 27.1 Å². The highest BCUT2D eigenvalue weighted by molar-refractivity contribution is 7.92. The van der Waals surface area contributed by atoms with Crippen molar-refractivity contribution in [1.82, 2.24) is 0 Å². The van der Waals surface area contributed by atoms with Crippen LogP contribution < -0.4 is 9.62 Å². The molecule has 0 bridgehead atoms. The Morgan fingerprint density at radius 1 is 1.11 bits per heavy atom. The van der Waals surface area contributed by atoms with E-state index in [2.05, 4.69) is 5.32 Å². The molecular weight excluding hydrogens is 417 g/mol. The van der Waals surface area contributed by atoms with Crippen molar-refractivity contribution < 1.29 is 26.4 Å². The van der Waals surface area contributed by atoms with Crippen LogP contribution >= 0.6 is 11.6 Å². The molecule has 0 atom stereocenters. The minimum atomic E-state index is -4.59. The summed E-state index contributed by atoms with van der Waals surface area (Å²) in [6.07, 6.45) is -3.59. The topological polar surface area (TPSA) is 66.5 Å². The van der Waals surface area contributed by atoms with Gasteiger partial charge in [-0.3, -0.25) is 9.10 Å². The second-order valence-corrected chi connectivity index (χ2v) is 8.35. The molecule has 0 heterocycles. The predicted molar refractivity (Wildman–Crippen MR) is 103 cm³/mol. The van der Waals surface area contributed by atoms with Crippen molar-refractivity contribution in [3.8, 4) is 0 Å². The molecule has 0 spiro atoms. The summed E-state index contributed by atoms with van der Waals surface area (Å²) in [7, 11) is -3.60. The first-order valence-electron chi connectivity index (χ1n) is 8.18. The maximum absolute atomic E-state index is 13.0. The van der Waals surface area contributed by atoms with Crippen LogP contribution in [0.4, 0.5) is 24.5 Å². The predicted octanol–water partition coefficient (Wildman–Crippen LogP) is 4.54. The molecule has 5 nitrogen and oxygen atoms in total. The van der Waals surface area contributed by atoms with Crippen molar-refractivity contribution in [2.75, 3.05) is 22.4 Å². The van der Waals surface area contributed by atoms with Gasteiger partial charge in [-0.05, 0) is 42.8 Å². The van der Waals surface area contributed by atoms with Gasteiger partial charge in [0.15, 0.2) is 0 Å². The first-order valence-corrected chi connectivity index (χ1v) is 10.4. The molecule has 2 aromatic carbocycles. The Morgan fingerprint density at radius 3 is 2.29 bits per heavy atom. The molecule has 0 fully saturated rings. The van der Waals surface area contributed by atoms with E-state index in [1.807, 2.05) is 0 Å². The lowest BCUT2D eigenvalue weighted by Crippen LogP contribution is -2.31. The van der Waals surface area contributed by atoms with Gasteiger partial charge in [0.2, 0.25) is 15.9 Å². The van der Waals surface area contributed by atoms with Gasteiger partial charge in [0.25, 0.3) is 0 Å². The molecule has 0 aliphatic carbocycles. The number of para-hydroxylation sites is 1. The van der Waals surface area contributed by atoms with Crippen molar-refractivity contribution >= 4 is 38.9 Å². The van der Waals surface area contributed by atoms with E-state index in [1.165, 1.54) is 36.4 Å². The minimum Gasteiger partial charge on any atom is -0.326 e. The van der Waals surface area contributed by atoms with Gasteiger partial charge >= 0.3 is 6.18 Å². The van der Waals surface area contributed by atoms with Crippen LogP contribution in [0.5, 0.6) is 0 Å². The van der Waals surface area contributed by atoms with Gasteiger partial charge in [-0.2, -0.15) is 13.2 Å². The summed E-state index contributed by atoms with van der Waals surface area (Å²) >= 11 is 5.80. The second-order valence-electron chi connectivity index (χ2n) is 6.01. The average Bonchev–Trinajstić information content (AvgIpc) is 2.58. The fourth-order valence-corrected chi connectivity index (χ4v) is 3.62. The number of halogens is 4. The number of carbonyl (C=O) groups excluding carboxylic acids is 1. The van der Waals surface area contributed by atoms with Crippen LogP contribution in [0.15, 0.2) is 48.5 Å². The zero-order valence-electron chi connectivity index (χ0n) is 14.8. The second kappa shape index (κ2) is 8.83. The first kappa shape index (κ1) is 22.0. The third-order valence-corrected chi connectivity index (χ3v) is 5.23. The molecule has 28 heavy (non-hydrogen) atoms. The Hall–Kier alpha value is -2.26.